The van der Waals surface area contributed by atoms with E-state index in [1.807, 2.05) is 0 Å². The minimum atomic E-state index is 0.557. The van der Waals surface area contributed by atoms with Crippen LogP contribution in [0.25, 0.3) is 0 Å². The zero-order valence-electron chi connectivity index (χ0n) is 8.30. The van der Waals surface area contributed by atoms with Crippen molar-refractivity contribution in [1.82, 2.24) is 9.36 Å². The maximum atomic E-state index is 5.68. The molecule has 2 rings (SSSR count). The first-order valence-corrected chi connectivity index (χ1v) is 6.12. The Balaban J connectivity index is 2.30. The van der Waals surface area contributed by atoms with Gasteiger partial charge in [-0.2, -0.15) is 4.37 Å². The third-order valence-electron chi connectivity index (χ3n) is 1.98. The summed E-state index contributed by atoms with van der Waals surface area (Å²) in [5.74, 6) is 0. The van der Waals surface area contributed by atoms with Crippen LogP contribution in [0.3, 0.4) is 0 Å². The van der Waals surface area contributed by atoms with Gasteiger partial charge in [-0.25, -0.2) is 4.98 Å². The van der Waals surface area contributed by atoms with E-state index in [4.69, 9.17) is 5.73 Å². The molecule has 0 saturated heterocycles. The van der Waals surface area contributed by atoms with Crippen LogP contribution in [0.5, 0.6) is 0 Å². The average Bonchev–Trinajstić information content (AvgIpc) is 2.71. The minimum Gasteiger partial charge on any atom is -0.326 e. The molecule has 78 valence electrons. The lowest BCUT2D eigenvalue weighted by atomic mass is 10.1. The van der Waals surface area contributed by atoms with Crippen molar-refractivity contribution in [3.63, 3.8) is 0 Å². The van der Waals surface area contributed by atoms with Crippen LogP contribution < -0.4 is 5.73 Å². The van der Waals surface area contributed by atoms with Crippen molar-refractivity contribution in [3.05, 3.63) is 35.7 Å². The van der Waals surface area contributed by atoms with Crippen molar-refractivity contribution in [2.24, 2.45) is 5.73 Å². The standard InChI is InChI=1S/C10H11N3S2/c1-7-2-3-8(5-11)9(4-7)14-10-12-6-13-15-10/h2-4,6H,5,11H2,1H3. The molecule has 0 atom stereocenters. The highest BCUT2D eigenvalue weighted by Crippen LogP contribution is 2.31. The number of nitrogens with two attached hydrogens (primary N) is 1. The van der Waals surface area contributed by atoms with Crippen LogP contribution in [-0.4, -0.2) is 9.36 Å². The van der Waals surface area contributed by atoms with E-state index >= 15 is 0 Å². The van der Waals surface area contributed by atoms with Crippen LogP contribution in [0, 0.1) is 6.92 Å². The minimum absolute atomic E-state index is 0.557. The summed E-state index contributed by atoms with van der Waals surface area (Å²) in [4.78, 5) is 5.32. The second kappa shape index (κ2) is 4.74. The molecule has 2 aromatic rings. The Morgan fingerprint density at radius 2 is 2.33 bits per heavy atom. The number of aryl methyl sites for hydroxylation is 1. The molecule has 5 heteroatoms. The van der Waals surface area contributed by atoms with Gasteiger partial charge in [0.15, 0.2) is 4.34 Å². The maximum absolute atomic E-state index is 5.68. The highest BCUT2D eigenvalue weighted by atomic mass is 32.2. The van der Waals surface area contributed by atoms with Crippen LogP contribution in [0.1, 0.15) is 11.1 Å². The third-order valence-corrected chi connectivity index (χ3v) is 3.80. The zero-order valence-corrected chi connectivity index (χ0v) is 9.94. The summed E-state index contributed by atoms with van der Waals surface area (Å²) in [6.45, 7) is 2.63. The summed E-state index contributed by atoms with van der Waals surface area (Å²) in [7, 11) is 0. The SMILES string of the molecule is Cc1ccc(CN)c(Sc2ncns2)c1. The van der Waals surface area contributed by atoms with Gasteiger partial charge in [0.2, 0.25) is 0 Å². The van der Waals surface area contributed by atoms with Gasteiger partial charge in [0, 0.05) is 11.4 Å². The molecule has 1 aromatic carbocycles. The Bertz CT molecular complexity index is 440. The van der Waals surface area contributed by atoms with E-state index in [0.29, 0.717) is 6.54 Å². The molecule has 2 N–H and O–H groups in total. The Morgan fingerprint density at radius 3 is 3.00 bits per heavy atom. The average molecular weight is 237 g/mol. The normalized spacial score (nSPS) is 10.5. The summed E-state index contributed by atoms with van der Waals surface area (Å²) in [5, 5.41) is 0. The monoisotopic (exact) mass is 237 g/mol. The van der Waals surface area contributed by atoms with Crippen LogP contribution in [0.4, 0.5) is 0 Å². The summed E-state index contributed by atoms with van der Waals surface area (Å²) >= 11 is 3.03. The Labute approximate surface area is 96.9 Å². The molecule has 1 heterocycles. The number of aromatic nitrogens is 2. The Morgan fingerprint density at radius 1 is 1.47 bits per heavy atom. The lowest BCUT2D eigenvalue weighted by Gasteiger charge is -2.06. The second-order valence-corrected chi connectivity index (χ2v) is 5.19. The van der Waals surface area contributed by atoms with Crippen molar-refractivity contribution >= 4 is 23.3 Å². The molecule has 0 radical (unpaired) electrons. The van der Waals surface area contributed by atoms with Gasteiger partial charge in [0.1, 0.15) is 6.33 Å². The molecule has 0 amide bonds. The fourth-order valence-electron chi connectivity index (χ4n) is 1.23. The summed E-state index contributed by atoms with van der Waals surface area (Å²) in [6.07, 6.45) is 1.57. The van der Waals surface area contributed by atoms with Crippen molar-refractivity contribution in [2.45, 2.75) is 22.7 Å². The number of benzene rings is 1. The van der Waals surface area contributed by atoms with Crippen LogP contribution >= 0.6 is 23.3 Å². The van der Waals surface area contributed by atoms with Gasteiger partial charge in [-0.05, 0) is 35.6 Å². The smallest absolute Gasteiger partial charge is 0.174 e. The van der Waals surface area contributed by atoms with Gasteiger partial charge < -0.3 is 5.73 Å². The lowest BCUT2D eigenvalue weighted by molar-refractivity contribution is 1.02. The first-order valence-electron chi connectivity index (χ1n) is 4.53. The molecular weight excluding hydrogens is 226 g/mol. The fourth-order valence-corrected chi connectivity index (χ4v) is 2.87. The van der Waals surface area contributed by atoms with Gasteiger partial charge in [-0.15, -0.1) is 0 Å². The molecule has 15 heavy (non-hydrogen) atoms. The first kappa shape index (κ1) is 10.6. The van der Waals surface area contributed by atoms with E-state index in [1.54, 1.807) is 18.1 Å². The molecule has 0 spiro atoms. The molecule has 0 saturated carbocycles. The molecule has 0 aliphatic heterocycles. The molecular formula is C10H11N3S2. The Hall–Kier alpha value is -0.910. The van der Waals surface area contributed by atoms with Crippen LogP contribution in [-0.2, 0) is 6.54 Å². The molecule has 1 aromatic heterocycles. The lowest BCUT2D eigenvalue weighted by Crippen LogP contribution is -1.98. The summed E-state index contributed by atoms with van der Waals surface area (Å²) in [5.41, 5.74) is 8.07. The highest BCUT2D eigenvalue weighted by Gasteiger charge is 2.05. The van der Waals surface area contributed by atoms with E-state index in [2.05, 4.69) is 34.5 Å². The van der Waals surface area contributed by atoms with Gasteiger partial charge >= 0.3 is 0 Å². The second-order valence-electron chi connectivity index (χ2n) is 3.12. The summed E-state index contributed by atoms with van der Waals surface area (Å²) in [6, 6.07) is 6.28. The van der Waals surface area contributed by atoms with Crippen molar-refractivity contribution in [2.75, 3.05) is 0 Å². The van der Waals surface area contributed by atoms with Crippen molar-refractivity contribution in [1.29, 1.82) is 0 Å². The molecule has 0 fully saturated rings. The largest absolute Gasteiger partial charge is 0.326 e. The van der Waals surface area contributed by atoms with E-state index in [1.165, 1.54) is 22.0 Å². The van der Waals surface area contributed by atoms with E-state index < -0.39 is 0 Å². The number of hydrogen-bond donors (Lipinski definition) is 1. The molecule has 0 unspecified atom stereocenters. The van der Waals surface area contributed by atoms with Crippen LogP contribution in [0.2, 0.25) is 0 Å². The zero-order chi connectivity index (χ0) is 10.7. The van der Waals surface area contributed by atoms with Gasteiger partial charge in [0.25, 0.3) is 0 Å². The predicted octanol–water partition coefficient (Wildman–Crippen LogP) is 2.46. The van der Waals surface area contributed by atoms with Gasteiger partial charge in [0.05, 0.1) is 0 Å². The van der Waals surface area contributed by atoms with E-state index in [-0.39, 0.29) is 0 Å². The van der Waals surface area contributed by atoms with Crippen molar-refractivity contribution in [3.8, 4) is 0 Å². The van der Waals surface area contributed by atoms with E-state index in [9.17, 15) is 0 Å². The molecule has 0 bridgehead atoms. The first-order chi connectivity index (χ1) is 7.29. The number of rotatable bonds is 3. The van der Waals surface area contributed by atoms with Crippen LogP contribution in [0.15, 0.2) is 33.8 Å². The maximum Gasteiger partial charge on any atom is 0.174 e. The highest BCUT2D eigenvalue weighted by molar-refractivity contribution is 8.01. The molecule has 0 aliphatic rings. The number of hydrogen-bond acceptors (Lipinski definition) is 5. The molecule has 3 nitrogen and oxygen atoms in total. The topological polar surface area (TPSA) is 51.8 Å². The van der Waals surface area contributed by atoms with Gasteiger partial charge in [-0.1, -0.05) is 23.9 Å². The quantitative estimate of drug-likeness (QED) is 0.891. The van der Waals surface area contributed by atoms with Crippen molar-refractivity contribution < 1.29 is 0 Å². The number of nitrogens with zero attached hydrogens (tertiary/aromatic N) is 2. The fraction of sp³-hybridized carbons (Fsp3) is 0.200. The van der Waals surface area contributed by atoms with Gasteiger partial charge in [-0.3, -0.25) is 0 Å². The predicted molar refractivity (Wildman–Crippen MR) is 63.1 cm³/mol. The Kier molecular flexibility index (Phi) is 3.35. The summed E-state index contributed by atoms with van der Waals surface area (Å²) < 4.78 is 4.93. The van der Waals surface area contributed by atoms with E-state index in [0.717, 1.165) is 9.90 Å². The third kappa shape index (κ3) is 2.56. The molecule has 0 aliphatic carbocycles.